The molecule has 4 aromatic carbocycles. The number of phenolic OH excluding ortho intramolecular Hbond substituents is 1. The van der Waals surface area contributed by atoms with Crippen LogP contribution in [0, 0.1) is 0 Å². The summed E-state index contributed by atoms with van der Waals surface area (Å²) in [5.41, 5.74) is 1.33. The molecule has 1 amide bonds. The van der Waals surface area contributed by atoms with Gasteiger partial charge < -0.3 is 19.7 Å². The molecule has 2 N–H and O–H groups in total. The number of ketones is 1. The number of aliphatic hydroxyl groups excluding tert-OH is 1. The number of amides is 1. The van der Waals surface area contributed by atoms with Crippen molar-refractivity contribution in [3.8, 4) is 23.0 Å². The Morgan fingerprint density at radius 1 is 0.769 bits per heavy atom. The number of hydrogen-bond acceptors (Lipinski definition) is 6. The van der Waals surface area contributed by atoms with Crippen molar-refractivity contribution >= 4 is 23.1 Å². The summed E-state index contributed by atoms with van der Waals surface area (Å²) in [6.07, 6.45) is -0.0197. The van der Waals surface area contributed by atoms with Gasteiger partial charge in [0.25, 0.3) is 11.7 Å². The molecule has 7 nitrogen and oxygen atoms in total. The van der Waals surface area contributed by atoms with Crippen molar-refractivity contribution in [3.05, 3.63) is 120 Å². The maximum atomic E-state index is 13.4. The molecule has 0 aromatic heterocycles. The third-order valence-electron chi connectivity index (χ3n) is 6.25. The van der Waals surface area contributed by atoms with Crippen molar-refractivity contribution < 1.29 is 29.3 Å². The van der Waals surface area contributed by atoms with Gasteiger partial charge in [-0.3, -0.25) is 14.5 Å². The summed E-state index contributed by atoms with van der Waals surface area (Å²) in [5.74, 6) is 0.0117. The molecular weight excluding hydrogens is 494 g/mol. The van der Waals surface area contributed by atoms with Gasteiger partial charge in [-0.2, -0.15) is 0 Å². The van der Waals surface area contributed by atoms with Gasteiger partial charge in [-0.15, -0.1) is 0 Å². The van der Waals surface area contributed by atoms with E-state index in [-0.39, 0.29) is 23.2 Å². The minimum Gasteiger partial charge on any atom is -0.508 e. The van der Waals surface area contributed by atoms with Crippen LogP contribution in [0.1, 0.15) is 31.0 Å². The lowest BCUT2D eigenvalue weighted by Gasteiger charge is -2.25. The average Bonchev–Trinajstić information content (AvgIpc) is 3.20. The number of hydrogen-bond donors (Lipinski definition) is 2. The third kappa shape index (κ3) is 5.33. The highest BCUT2D eigenvalue weighted by Crippen LogP contribution is 2.43. The van der Waals surface area contributed by atoms with Gasteiger partial charge in [0.15, 0.2) is 0 Å². The first-order valence-electron chi connectivity index (χ1n) is 12.5. The summed E-state index contributed by atoms with van der Waals surface area (Å²) >= 11 is 0. The fraction of sp³-hybridized carbons (Fsp3) is 0.125. The molecule has 0 bridgehead atoms. The highest BCUT2D eigenvalue weighted by molar-refractivity contribution is 6.51. The Labute approximate surface area is 226 Å². The number of carbonyl (C=O) groups excluding carboxylic acids is 2. The predicted octanol–water partition coefficient (Wildman–Crippen LogP) is 6.60. The van der Waals surface area contributed by atoms with Crippen LogP contribution >= 0.6 is 0 Å². The number of rotatable bonds is 7. The van der Waals surface area contributed by atoms with Crippen molar-refractivity contribution in [3.63, 3.8) is 0 Å². The van der Waals surface area contributed by atoms with Gasteiger partial charge in [0.2, 0.25) is 0 Å². The van der Waals surface area contributed by atoms with Crippen LogP contribution in [0.25, 0.3) is 5.76 Å². The first kappa shape index (κ1) is 25.6. The number of benzene rings is 4. The Balaban J connectivity index is 1.55. The van der Waals surface area contributed by atoms with E-state index >= 15 is 0 Å². The molecule has 1 atom stereocenters. The number of nitrogens with zero attached hydrogens (tertiary/aromatic N) is 1. The molecule has 39 heavy (non-hydrogen) atoms. The van der Waals surface area contributed by atoms with Crippen LogP contribution < -0.4 is 14.4 Å². The molecule has 1 unspecified atom stereocenters. The lowest BCUT2D eigenvalue weighted by molar-refractivity contribution is -0.132. The van der Waals surface area contributed by atoms with Crippen LogP contribution in [0.15, 0.2) is 109 Å². The average molecular weight is 522 g/mol. The molecule has 1 aliphatic heterocycles. The number of anilines is 1. The molecule has 0 spiro atoms. The second-order valence-electron chi connectivity index (χ2n) is 9.36. The molecule has 4 aromatic rings. The Bertz CT molecular complexity index is 1510. The first-order chi connectivity index (χ1) is 18.8. The van der Waals surface area contributed by atoms with Gasteiger partial charge in [0.1, 0.15) is 28.8 Å². The van der Waals surface area contributed by atoms with Gasteiger partial charge in [-0.05, 0) is 92.2 Å². The lowest BCUT2D eigenvalue weighted by Crippen LogP contribution is -2.29. The SMILES string of the molecule is CC(C)Oc1ccc(/C(O)=C2\C(=O)C(=O)N(c3ccc(Oc4ccccc4)cc3)C2c2ccc(O)cc2)cc1. The number of para-hydroxylation sites is 1. The monoisotopic (exact) mass is 521 g/mol. The second kappa shape index (κ2) is 10.8. The van der Waals surface area contributed by atoms with Crippen molar-refractivity contribution in [2.24, 2.45) is 0 Å². The van der Waals surface area contributed by atoms with E-state index in [2.05, 4.69) is 0 Å². The topological polar surface area (TPSA) is 96.3 Å². The van der Waals surface area contributed by atoms with Gasteiger partial charge in [-0.25, -0.2) is 0 Å². The van der Waals surface area contributed by atoms with Crippen LogP contribution in [0.5, 0.6) is 23.0 Å². The number of phenols is 1. The van der Waals surface area contributed by atoms with Crippen LogP contribution in [-0.2, 0) is 9.59 Å². The van der Waals surface area contributed by atoms with E-state index in [1.54, 1.807) is 60.7 Å². The summed E-state index contributed by atoms with van der Waals surface area (Å²) < 4.78 is 11.5. The fourth-order valence-electron chi connectivity index (χ4n) is 4.49. The van der Waals surface area contributed by atoms with E-state index in [0.717, 1.165) is 0 Å². The highest BCUT2D eigenvalue weighted by atomic mass is 16.5. The largest absolute Gasteiger partial charge is 0.508 e. The summed E-state index contributed by atoms with van der Waals surface area (Å²) in [7, 11) is 0. The van der Waals surface area contributed by atoms with E-state index in [1.807, 2.05) is 44.2 Å². The van der Waals surface area contributed by atoms with E-state index in [9.17, 15) is 19.8 Å². The zero-order valence-corrected chi connectivity index (χ0v) is 21.4. The van der Waals surface area contributed by atoms with Crippen molar-refractivity contribution in [1.29, 1.82) is 0 Å². The summed E-state index contributed by atoms with van der Waals surface area (Å²) in [5, 5.41) is 21.2. The van der Waals surface area contributed by atoms with Crippen molar-refractivity contribution in [2.75, 3.05) is 4.90 Å². The maximum absolute atomic E-state index is 13.4. The van der Waals surface area contributed by atoms with Crippen LogP contribution in [0.2, 0.25) is 0 Å². The minimum absolute atomic E-state index is 0.0197. The Morgan fingerprint density at radius 3 is 1.97 bits per heavy atom. The molecule has 0 saturated carbocycles. The molecule has 5 rings (SSSR count). The van der Waals surface area contributed by atoms with E-state index in [1.165, 1.54) is 17.0 Å². The zero-order chi connectivity index (χ0) is 27.5. The number of ether oxygens (including phenoxy) is 2. The zero-order valence-electron chi connectivity index (χ0n) is 21.4. The van der Waals surface area contributed by atoms with Gasteiger partial charge in [-0.1, -0.05) is 30.3 Å². The molecule has 1 aliphatic rings. The fourth-order valence-corrected chi connectivity index (χ4v) is 4.49. The minimum atomic E-state index is -0.918. The van der Waals surface area contributed by atoms with E-state index in [0.29, 0.717) is 34.1 Å². The van der Waals surface area contributed by atoms with Gasteiger partial charge >= 0.3 is 0 Å². The standard InChI is InChI=1S/C32H27NO6/c1-20(2)38-26-16-10-22(11-17-26)30(35)28-29(21-8-14-24(34)15-9-21)33(32(37)31(28)36)23-12-18-27(19-13-23)39-25-6-4-3-5-7-25/h3-20,29,34-35H,1-2H3/b30-28+. The Morgan fingerprint density at radius 2 is 1.36 bits per heavy atom. The normalized spacial score (nSPS) is 16.5. The summed E-state index contributed by atoms with van der Waals surface area (Å²) in [4.78, 5) is 28.1. The number of carbonyl (C=O) groups is 2. The quantitative estimate of drug-likeness (QED) is 0.162. The molecule has 0 radical (unpaired) electrons. The summed E-state index contributed by atoms with van der Waals surface area (Å²) in [6.45, 7) is 3.82. The molecule has 1 heterocycles. The summed E-state index contributed by atoms with van der Waals surface area (Å²) in [6, 6.07) is 28.1. The van der Waals surface area contributed by atoms with Crippen molar-refractivity contribution in [2.45, 2.75) is 26.0 Å². The number of aromatic hydroxyl groups is 1. The van der Waals surface area contributed by atoms with Crippen LogP contribution in [0.3, 0.4) is 0 Å². The second-order valence-corrected chi connectivity index (χ2v) is 9.36. The smallest absolute Gasteiger partial charge is 0.300 e. The predicted molar refractivity (Wildman–Crippen MR) is 148 cm³/mol. The van der Waals surface area contributed by atoms with Crippen LogP contribution in [0.4, 0.5) is 5.69 Å². The molecule has 0 aliphatic carbocycles. The van der Waals surface area contributed by atoms with E-state index in [4.69, 9.17) is 9.47 Å². The van der Waals surface area contributed by atoms with Crippen LogP contribution in [-0.4, -0.2) is 28.0 Å². The van der Waals surface area contributed by atoms with Gasteiger partial charge in [0, 0.05) is 11.3 Å². The molecule has 1 fully saturated rings. The molecular formula is C32H27NO6. The van der Waals surface area contributed by atoms with Crippen molar-refractivity contribution in [1.82, 2.24) is 0 Å². The first-order valence-corrected chi connectivity index (χ1v) is 12.5. The number of Topliss-reactive ketones (excluding diaryl/α,β-unsaturated/α-hetero) is 1. The highest BCUT2D eigenvalue weighted by Gasteiger charge is 2.47. The molecule has 7 heteroatoms. The lowest BCUT2D eigenvalue weighted by atomic mass is 9.95. The molecule has 1 saturated heterocycles. The maximum Gasteiger partial charge on any atom is 0.300 e. The third-order valence-corrected chi connectivity index (χ3v) is 6.25. The van der Waals surface area contributed by atoms with E-state index < -0.39 is 17.7 Å². The molecule has 196 valence electrons. The Hall–Kier alpha value is -5.04. The number of aliphatic hydroxyl groups is 1. The Kier molecular flexibility index (Phi) is 7.06. The van der Waals surface area contributed by atoms with Gasteiger partial charge in [0.05, 0.1) is 17.7 Å².